The molecule has 8 heteroatoms. The number of sulfonamides is 1. The van der Waals surface area contributed by atoms with E-state index < -0.39 is 16.0 Å². The fraction of sp³-hybridized carbons (Fsp3) is 0.312. The van der Waals surface area contributed by atoms with Crippen LogP contribution in [-0.2, 0) is 22.9 Å². The fourth-order valence-electron chi connectivity index (χ4n) is 2.29. The van der Waals surface area contributed by atoms with Gasteiger partial charge in [0.15, 0.2) is 0 Å². The Kier molecular flexibility index (Phi) is 5.63. The zero-order valence-corrected chi connectivity index (χ0v) is 14.3. The lowest BCUT2D eigenvalue weighted by atomic mass is 10.1. The van der Waals surface area contributed by atoms with Crippen LogP contribution >= 0.6 is 0 Å². The molecular weight excluding hydrogens is 330 g/mol. The third kappa shape index (κ3) is 4.15. The second-order valence-corrected chi connectivity index (χ2v) is 6.95. The number of benzene rings is 1. The molecule has 2 N–H and O–H groups in total. The van der Waals surface area contributed by atoms with Gasteiger partial charge in [-0.05, 0) is 31.0 Å². The second kappa shape index (κ2) is 7.50. The molecule has 7 nitrogen and oxygen atoms in total. The Morgan fingerprint density at radius 2 is 1.96 bits per heavy atom. The van der Waals surface area contributed by atoms with Crippen molar-refractivity contribution in [1.82, 2.24) is 14.7 Å². The van der Waals surface area contributed by atoms with Crippen LogP contribution < -0.4 is 4.72 Å². The number of nitrogens with one attached hydrogen (secondary N) is 1. The summed E-state index contributed by atoms with van der Waals surface area (Å²) in [4.78, 5) is 19.4. The highest BCUT2D eigenvalue weighted by Gasteiger charge is 2.19. The Balaban J connectivity index is 2.19. The van der Waals surface area contributed by atoms with Gasteiger partial charge in [-0.2, -0.15) is 0 Å². The van der Waals surface area contributed by atoms with Crippen LogP contribution in [0.4, 0.5) is 0 Å². The van der Waals surface area contributed by atoms with Crippen LogP contribution in [0, 0.1) is 6.92 Å². The Hall–Kier alpha value is -2.32. The molecular formula is C16H19N3O4S. The normalized spacial score (nSPS) is 11.4. The molecule has 0 fully saturated rings. The highest BCUT2D eigenvalue weighted by Crippen LogP contribution is 2.18. The van der Waals surface area contributed by atoms with E-state index in [2.05, 4.69) is 14.7 Å². The lowest BCUT2D eigenvalue weighted by molar-refractivity contribution is 0.0696. The largest absolute Gasteiger partial charge is 0.478 e. The molecule has 0 aliphatic heterocycles. The van der Waals surface area contributed by atoms with Crippen LogP contribution in [0.25, 0.3) is 0 Å². The molecule has 128 valence electrons. The predicted octanol–water partition coefficient (Wildman–Crippen LogP) is 1.57. The number of aryl methyl sites for hydroxylation is 2. The number of carboxylic acid groups (broad SMARTS) is 1. The first-order valence-electron chi connectivity index (χ1n) is 7.47. The second-order valence-electron chi connectivity index (χ2n) is 5.22. The van der Waals surface area contributed by atoms with Crippen LogP contribution in [0.5, 0.6) is 0 Å². The Labute approximate surface area is 140 Å². The molecule has 0 aliphatic rings. The van der Waals surface area contributed by atoms with Crippen molar-refractivity contribution in [3.05, 3.63) is 53.1 Å². The molecule has 1 aromatic heterocycles. The monoisotopic (exact) mass is 349 g/mol. The standard InChI is InChI=1S/C16H19N3O4S/c1-3-12-4-5-13(16(20)21)10-15(12)24(22,23)19-7-6-14-11(2)17-8-9-18-14/h4-5,8-10,19H,3,6-7H2,1-2H3,(H,20,21). The van der Waals surface area contributed by atoms with Crippen molar-refractivity contribution >= 4 is 16.0 Å². The van der Waals surface area contributed by atoms with Gasteiger partial charge in [0.1, 0.15) is 0 Å². The summed E-state index contributed by atoms with van der Waals surface area (Å²) in [5.74, 6) is -1.16. The van der Waals surface area contributed by atoms with Gasteiger partial charge in [0.2, 0.25) is 10.0 Å². The molecule has 2 rings (SSSR count). The molecule has 0 spiro atoms. The quantitative estimate of drug-likeness (QED) is 0.785. The summed E-state index contributed by atoms with van der Waals surface area (Å²) in [6, 6.07) is 4.13. The summed E-state index contributed by atoms with van der Waals surface area (Å²) >= 11 is 0. The summed E-state index contributed by atoms with van der Waals surface area (Å²) in [6.45, 7) is 3.78. The average Bonchev–Trinajstić information content (AvgIpc) is 2.55. The number of hydrogen-bond donors (Lipinski definition) is 2. The smallest absolute Gasteiger partial charge is 0.335 e. The zero-order chi connectivity index (χ0) is 17.7. The Morgan fingerprint density at radius 1 is 1.25 bits per heavy atom. The maximum absolute atomic E-state index is 12.5. The lowest BCUT2D eigenvalue weighted by Gasteiger charge is -2.11. The van der Waals surface area contributed by atoms with E-state index in [0.29, 0.717) is 18.4 Å². The molecule has 0 amide bonds. The minimum Gasteiger partial charge on any atom is -0.478 e. The summed E-state index contributed by atoms with van der Waals surface area (Å²) < 4.78 is 27.5. The summed E-state index contributed by atoms with van der Waals surface area (Å²) in [6.07, 6.45) is 4.02. The summed E-state index contributed by atoms with van der Waals surface area (Å²) in [5, 5.41) is 9.06. The average molecular weight is 349 g/mol. The van der Waals surface area contributed by atoms with Crippen molar-refractivity contribution in [2.45, 2.75) is 31.6 Å². The first-order valence-corrected chi connectivity index (χ1v) is 8.96. The van der Waals surface area contributed by atoms with Crippen LogP contribution in [0.3, 0.4) is 0 Å². The van der Waals surface area contributed by atoms with Gasteiger partial charge in [0.05, 0.1) is 21.8 Å². The van der Waals surface area contributed by atoms with Crippen LogP contribution in [0.1, 0.15) is 34.2 Å². The number of rotatable bonds is 7. The van der Waals surface area contributed by atoms with Crippen molar-refractivity contribution in [2.75, 3.05) is 6.54 Å². The third-order valence-electron chi connectivity index (χ3n) is 3.62. The van der Waals surface area contributed by atoms with Crippen molar-refractivity contribution in [3.63, 3.8) is 0 Å². The molecule has 0 atom stereocenters. The van der Waals surface area contributed by atoms with Gasteiger partial charge in [0, 0.05) is 25.4 Å². The topological polar surface area (TPSA) is 109 Å². The first-order chi connectivity index (χ1) is 11.3. The molecule has 0 bridgehead atoms. The van der Waals surface area contributed by atoms with Gasteiger partial charge in [-0.3, -0.25) is 9.97 Å². The number of nitrogens with zero attached hydrogens (tertiary/aromatic N) is 2. The van der Waals surface area contributed by atoms with Crippen LogP contribution in [0.15, 0.2) is 35.5 Å². The Bertz CT molecular complexity index is 850. The molecule has 0 saturated heterocycles. The molecule has 2 aromatic rings. The summed E-state index contributed by atoms with van der Waals surface area (Å²) in [5.41, 5.74) is 1.98. The highest BCUT2D eigenvalue weighted by molar-refractivity contribution is 7.89. The molecule has 1 aromatic carbocycles. The SMILES string of the molecule is CCc1ccc(C(=O)O)cc1S(=O)(=O)NCCc1nccnc1C. The zero-order valence-electron chi connectivity index (χ0n) is 13.5. The van der Waals surface area contributed by atoms with Gasteiger partial charge in [-0.25, -0.2) is 17.9 Å². The van der Waals surface area contributed by atoms with Gasteiger partial charge in [0.25, 0.3) is 0 Å². The number of hydrogen-bond acceptors (Lipinski definition) is 5. The maximum atomic E-state index is 12.5. The summed E-state index contributed by atoms with van der Waals surface area (Å²) in [7, 11) is -3.80. The first kappa shape index (κ1) is 18.0. The van der Waals surface area contributed by atoms with E-state index in [0.717, 1.165) is 11.4 Å². The van der Waals surface area contributed by atoms with Crippen LogP contribution in [-0.4, -0.2) is 36.0 Å². The number of carboxylic acids is 1. The number of aromatic nitrogens is 2. The van der Waals surface area contributed by atoms with Crippen LogP contribution in [0.2, 0.25) is 0 Å². The third-order valence-corrected chi connectivity index (χ3v) is 5.16. The van der Waals surface area contributed by atoms with E-state index in [1.807, 2.05) is 13.8 Å². The molecule has 24 heavy (non-hydrogen) atoms. The minimum absolute atomic E-state index is 0.000711. The van der Waals surface area contributed by atoms with E-state index in [1.54, 1.807) is 12.4 Å². The van der Waals surface area contributed by atoms with E-state index in [-0.39, 0.29) is 17.0 Å². The Morgan fingerprint density at radius 3 is 2.58 bits per heavy atom. The van der Waals surface area contributed by atoms with Gasteiger partial charge < -0.3 is 5.11 Å². The molecule has 0 aliphatic carbocycles. The van der Waals surface area contributed by atoms with Gasteiger partial charge in [-0.1, -0.05) is 13.0 Å². The van der Waals surface area contributed by atoms with E-state index in [4.69, 9.17) is 5.11 Å². The molecule has 0 radical (unpaired) electrons. The minimum atomic E-state index is -3.80. The highest BCUT2D eigenvalue weighted by atomic mass is 32.2. The van der Waals surface area contributed by atoms with E-state index in [1.165, 1.54) is 18.2 Å². The lowest BCUT2D eigenvalue weighted by Crippen LogP contribution is -2.27. The van der Waals surface area contributed by atoms with E-state index >= 15 is 0 Å². The van der Waals surface area contributed by atoms with Gasteiger partial charge in [-0.15, -0.1) is 0 Å². The van der Waals surface area contributed by atoms with Crippen molar-refractivity contribution < 1.29 is 18.3 Å². The maximum Gasteiger partial charge on any atom is 0.335 e. The number of carbonyl (C=O) groups is 1. The molecule has 0 unspecified atom stereocenters. The van der Waals surface area contributed by atoms with Crippen molar-refractivity contribution in [1.29, 1.82) is 0 Å². The van der Waals surface area contributed by atoms with E-state index in [9.17, 15) is 13.2 Å². The van der Waals surface area contributed by atoms with Gasteiger partial charge >= 0.3 is 5.97 Å². The molecule has 0 saturated carbocycles. The molecule has 1 heterocycles. The van der Waals surface area contributed by atoms with Crippen molar-refractivity contribution in [3.8, 4) is 0 Å². The predicted molar refractivity (Wildman–Crippen MR) is 88.4 cm³/mol. The fourth-order valence-corrected chi connectivity index (χ4v) is 3.66. The van der Waals surface area contributed by atoms with Crippen molar-refractivity contribution in [2.24, 2.45) is 0 Å². The number of aromatic carboxylic acids is 1.